The zero-order valence-corrected chi connectivity index (χ0v) is 30.0. The Morgan fingerprint density at radius 3 is 2.48 bits per heavy atom. The lowest BCUT2D eigenvalue weighted by Crippen LogP contribution is -2.71. The van der Waals surface area contributed by atoms with Crippen molar-refractivity contribution in [1.29, 1.82) is 0 Å². The molecule has 16 nitrogen and oxygen atoms in total. The summed E-state index contributed by atoms with van der Waals surface area (Å²) in [6.07, 6.45) is -8.17. The van der Waals surface area contributed by atoms with Crippen LogP contribution in [0.1, 0.15) is 58.1 Å². The number of hydrogen-bond donors (Lipinski definition) is 4. The molecule has 1 aromatic rings. The van der Waals surface area contributed by atoms with Crippen molar-refractivity contribution >= 4 is 35.8 Å². The molecule has 4 fully saturated rings. The van der Waals surface area contributed by atoms with Gasteiger partial charge in [-0.2, -0.15) is 18.2 Å². The third-order valence-electron chi connectivity index (χ3n) is 9.39. The van der Waals surface area contributed by atoms with Crippen molar-refractivity contribution in [2.45, 2.75) is 114 Å². The number of rotatable bonds is 14. The SMILES string of the molecule is C[C@H](O)[C@@H](NC(=O)[C@@]12C[C@H]3OC(=O)[C@@H]1N(Cc1ccccc1C=CC(=O)OCC(F)(F)F)O[C@@H]2[C@H]1OCO[C@H]13)C(=O)N[C@H](CO)CCC(=O)OC(C)(C)C. The fourth-order valence-corrected chi connectivity index (χ4v) is 7.07. The zero-order valence-electron chi connectivity index (χ0n) is 30.0. The lowest BCUT2D eigenvalue weighted by atomic mass is 9.62. The van der Waals surface area contributed by atoms with Gasteiger partial charge >= 0.3 is 24.1 Å². The number of nitrogens with one attached hydrogen (secondary N) is 2. The highest BCUT2D eigenvalue weighted by Crippen LogP contribution is 2.55. The van der Waals surface area contributed by atoms with Gasteiger partial charge in [-0.05, 0) is 51.3 Å². The molecular formula is C35H44F3N3O13. The van der Waals surface area contributed by atoms with Crippen molar-refractivity contribution < 1.29 is 75.9 Å². The Bertz CT molecular complexity index is 1620. The molecule has 1 saturated carbocycles. The smallest absolute Gasteiger partial charge is 0.422 e. The summed E-state index contributed by atoms with van der Waals surface area (Å²) in [5, 5.41) is 27.0. The first kappa shape index (κ1) is 41.0. The molecule has 3 saturated heterocycles. The lowest BCUT2D eigenvalue weighted by Gasteiger charge is -2.49. The number of benzene rings is 1. The second kappa shape index (κ2) is 16.3. The van der Waals surface area contributed by atoms with E-state index in [0.29, 0.717) is 11.1 Å². The molecule has 298 valence electrons. The summed E-state index contributed by atoms with van der Waals surface area (Å²) in [5.41, 5.74) is -1.70. The van der Waals surface area contributed by atoms with E-state index in [2.05, 4.69) is 15.4 Å². The number of halogens is 3. The van der Waals surface area contributed by atoms with Crippen LogP contribution in [0.3, 0.4) is 0 Å². The van der Waals surface area contributed by atoms with Crippen LogP contribution in [0.2, 0.25) is 0 Å². The number of esters is 3. The maximum absolute atomic E-state index is 14.6. The lowest BCUT2D eigenvalue weighted by molar-refractivity contribution is -0.201. The van der Waals surface area contributed by atoms with Crippen molar-refractivity contribution in [3.8, 4) is 0 Å². The fourth-order valence-electron chi connectivity index (χ4n) is 7.07. The molecule has 1 aromatic carbocycles. The van der Waals surface area contributed by atoms with Crippen LogP contribution in [0.5, 0.6) is 0 Å². The van der Waals surface area contributed by atoms with Gasteiger partial charge in [0.25, 0.3) is 0 Å². The van der Waals surface area contributed by atoms with Gasteiger partial charge in [-0.25, -0.2) is 4.79 Å². The summed E-state index contributed by atoms with van der Waals surface area (Å²) in [4.78, 5) is 72.4. The van der Waals surface area contributed by atoms with E-state index in [1.165, 1.54) is 18.1 Å². The van der Waals surface area contributed by atoms with Crippen molar-refractivity contribution in [1.82, 2.24) is 15.7 Å². The van der Waals surface area contributed by atoms with E-state index in [-0.39, 0.29) is 32.6 Å². The second-order valence-corrected chi connectivity index (χ2v) is 14.6. The molecule has 2 amide bonds. The van der Waals surface area contributed by atoms with E-state index < -0.39 is 109 Å². The monoisotopic (exact) mass is 771 g/mol. The molecule has 4 aliphatic rings. The number of hydrogen-bond acceptors (Lipinski definition) is 14. The van der Waals surface area contributed by atoms with Crippen molar-refractivity contribution in [3.63, 3.8) is 0 Å². The average Bonchev–Trinajstić information content (AvgIpc) is 3.71. The number of aliphatic hydroxyl groups is 2. The van der Waals surface area contributed by atoms with E-state index in [1.54, 1.807) is 45.0 Å². The highest BCUT2D eigenvalue weighted by atomic mass is 19.4. The van der Waals surface area contributed by atoms with Crippen LogP contribution in [0.25, 0.3) is 6.08 Å². The topological polar surface area (TPSA) is 208 Å². The zero-order chi connectivity index (χ0) is 39.6. The van der Waals surface area contributed by atoms with Crippen LogP contribution in [0.15, 0.2) is 30.3 Å². The van der Waals surface area contributed by atoms with Crippen LogP contribution in [-0.4, -0.2) is 125 Å². The number of hydroxylamine groups is 2. The molecule has 0 unspecified atom stereocenters. The molecule has 0 spiro atoms. The van der Waals surface area contributed by atoms with E-state index in [0.717, 1.165) is 6.08 Å². The number of fused-ring (bicyclic) bond motifs is 4. The van der Waals surface area contributed by atoms with E-state index in [9.17, 15) is 47.4 Å². The summed E-state index contributed by atoms with van der Waals surface area (Å²) in [5.74, 6) is -4.35. The molecule has 54 heavy (non-hydrogen) atoms. The molecule has 0 radical (unpaired) electrons. The van der Waals surface area contributed by atoms with Gasteiger partial charge in [0.1, 0.15) is 48.3 Å². The maximum atomic E-state index is 14.6. The largest absolute Gasteiger partial charge is 0.460 e. The fraction of sp³-hybridized carbons (Fsp3) is 0.629. The maximum Gasteiger partial charge on any atom is 0.422 e. The normalized spacial score (nSPS) is 28.1. The van der Waals surface area contributed by atoms with Crippen LogP contribution in [-0.2, 0) is 59.0 Å². The predicted molar refractivity (Wildman–Crippen MR) is 176 cm³/mol. The molecule has 4 N–H and O–H groups in total. The molecule has 9 atom stereocenters. The minimum atomic E-state index is -4.71. The van der Waals surface area contributed by atoms with Gasteiger partial charge in [0, 0.05) is 18.9 Å². The average molecular weight is 772 g/mol. The summed E-state index contributed by atoms with van der Waals surface area (Å²) in [6, 6.07) is 2.47. The molecule has 5 rings (SSSR count). The summed E-state index contributed by atoms with van der Waals surface area (Å²) in [6.45, 7) is 3.64. The van der Waals surface area contributed by atoms with Gasteiger partial charge < -0.3 is 44.5 Å². The first-order valence-corrected chi connectivity index (χ1v) is 17.3. The number of amides is 2. The number of carbonyl (C=O) groups excluding carboxylic acids is 5. The number of aliphatic hydroxyl groups excluding tert-OH is 2. The standard InChI is InChI=1S/C35H44F3N3O13/c1-18(43)25(30(46)39-21(15-42)10-12-24(45)53-33(2,3)4)40-32(48)34-13-22-26-27(51-17-50-26)29(34)54-41(28(34)31(47)52-22)14-20-8-6-5-7-19(20)9-11-23(44)49-16-35(36,37)38/h5-9,11,18,21-22,25-29,42-43H,10,12-17H2,1-4H3,(H,39,46)(H,40,48)/t18-,21-,22+,25+,26-,27-,28-,29+,34-/m0/s1. The first-order chi connectivity index (χ1) is 25.3. The Morgan fingerprint density at radius 2 is 1.81 bits per heavy atom. The highest BCUT2D eigenvalue weighted by Gasteiger charge is 2.75. The third kappa shape index (κ3) is 9.20. The van der Waals surface area contributed by atoms with Crippen molar-refractivity contribution in [3.05, 3.63) is 41.5 Å². The molecular weight excluding hydrogens is 727 g/mol. The van der Waals surface area contributed by atoms with Crippen LogP contribution in [0, 0.1) is 5.41 Å². The Balaban J connectivity index is 1.37. The second-order valence-electron chi connectivity index (χ2n) is 14.6. The van der Waals surface area contributed by atoms with Crippen LogP contribution < -0.4 is 10.6 Å². The minimum absolute atomic E-state index is 0.00610. The van der Waals surface area contributed by atoms with Crippen LogP contribution in [0.4, 0.5) is 13.2 Å². The van der Waals surface area contributed by atoms with Crippen LogP contribution >= 0.6 is 0 Å². The Labute approximate surface area is 308 Å². The van der Waals surface area contributed by atoms with Gasteiger partial charge in [-0.1, -0.05) is 24.3 Å². The highest BCUT2D eigenvalue weighted by molar-refractivity contribution is 5.96. The number of carbonyl (C=O) groups is 5. The third-order valence-corrected chi connectivity index (χ3v) is 9.39. The van der Waals surface area contributed by atoms with Gasteiger partial charge in [0.15, 0.2) is 12.6 Å². The molecule has 0 aromatic heterocycles. The summed E-state index contributed by atoms with van der Waals surface area (Å²) < 4.78 is 64.3. The minimum Gasteiger partial charge on any atom is -0.460 e. The number of alkyl halides is 3. The quantitative estimate of drug-likeness (QED) is 0.117. The Kier molecular flexibility index (Phi) is 12.4. The van der Waals surface area contributed by atoms with E-state index in [1.807, 2.05) is 0 Å². The molecule has 2 bridgehead atoms. The molecule has 19 heteroatoms. The molecule has 3 heterocycles. The molecule has 3 aliphatic heterocycles. The predicted octanol–water partition coefficient (Wildman–Crippen LogP) is 0.811. The Morgan fingerprint density at radius 1 is 1.11 bits per heavy atom. The Hall–Kier alpha value is -4.14. The summed E-state index contributed by atoms with van der Waals surface area (Å²) >= 11 is 0. The van der Waals surface area contributed by atoms with E-state index >= 15 is 0 Å². The van der Waals surface area contributed by atoms with Gasteiger partial charge in [-0.15, -0.1) is 0 Å². The van der Waals surface area contributed by atoms with Gasteiger partial charge in [-0.3, -0.25) is 24.0 Å². The number of ether oxygens (including phenoxy) is 5. The van der Waals surface area contributed by atoms with Crippen molar-refractivity contribution in [2.24, 2.45) is 5.41 Å². The van der Waals surface area contributed by atoms with Crippen molar-refractivity contribution in [2.75, 3.05) is 20.0 Å². The number of nitrogens with zero attached hydrogens (tertiary/aromatic N) is 1. The first-order valence-electron chi connectivity index (χ1n) is 17.3. The van der Waals surface area contributed by atoms with Gasteiger partial charge in [0.2, 0.25) is 11.8 Å². The molecule has 1 aliphatic carbocycles. The summed E-state index contributed by atoms with van der Waals surface area (Å²) in [7, 11) is 0. The van der Waals surface area contributed by atoms with E-state index in [4.69, 9.17) is 23.8 Å². The van der Waals surface area contributed by atoms with Gasteiger partial charge in [0.05, 0.1) is 25.3 Å².